The summed E-state index contributed by atoms with van der Waals surface area (Å²) in [6.45, 7) is 3.05. The first-order chi connectivity index (χ1) is 16.0. The number of aromatic nitrogens is 2. The molecule has 1 saturated carbocycles. The molecule has 1 aliphatic rings. The Labute approximate surface area is 213 Å². The molecule has 1 aliphatic carbocycles. The van der Waals surface area contributed by atoms with Crippen LogP contribution >= 0.6 is 31.9 Å². The van der Waals surface area contributed by atoms with Gasteiger partial charge in [0.25, 0.3) is 0 Å². The fourth-order valence-electron chi connectivity index (χ4n) is 4.17. The van der Waals surface area contributed by atoms with E-state index in [4.69, 9.17) is 20.2 Å². The molecule has 1 aromatic heterocycles. The van der Waals surface area contributed by atoms with Crippen LogP contribution in [0.1, 0.15) is 43.8 Å². The Kier molecular flexibility index (Phi) is 10.5. The molecule has 0 saturated heterocycles. The zero-order valence-electron chi connectivity index (χ0n) is 19.4. The fraction of sp³-hybridized carbons (Fsp3) is 0.480. The van der Waals surface area contributed by atoms with Gasteiger partial charge < -0.3 is 25.1 Å². The van der Waals surface area contributed by atoms with Crippen molar-refractivity contribution in [3.05, 3.63) is 51.2 Å². The number of nitrogens with zero attached hydrogens (tertiary/aromatic N) is 2. The van der Waals surface area contributed by atoms with Gasteiger partial charge in [0.05, 0.1) is 35.6 Å². The number of anilines is 2. The van der Waals surface area contributed by atoms with Gasteiger partial charge in [0.2, 0.25) is 0 Å². The van der Waals surface area contributed by atoms with E-state index in [0.29, 0.717) is 12.5 Å². The quantitative estimate of drug-likeness (QED) is 0.232. The number of nitrogens with two attached hydrogens (primary N) is 1. The lowest BCUT2D eigenvalue weighted by atomic mass is 9.88. The first-order valence-electron chi connectivity index (χ1n) is 11.5. The predicted molar refractivity (Wildman–Crippen MR) is 144 cm³/mol. The minimum Gasteiger partial charge on any atom is -0.397 e. The van der Waals surface area contributed by atoms with E-state index >= 15 is 0 Å². The van der Waals surface area contributed by atoms with E-state index in [9.17, 15) is 0 Å². The van der Waals surface area contributed by atoms with Gasteiger partial charge in [-0.05, 0) is 49.2 Å². The smallest absolute Gasteiger partial charge is 0.113 e. The minimum absolute atomic E-state index is 0.617. The van der Waals surface area contributed by atoms with E-state index in [0.717, 1.165) is 45.5 Å². The number of benzene rings is 2. The summed E-state index contributed by atoms with van der Waals surface area (Å²) in [7, 11) is 3.43. The minimum atomic E-state index is 0.617. The summed E-state index contributed by atoms with van der Waals surface area (Å²) >= 11 is 6.95. The molecule has 0 radical (unpaired) electrons. The van der Waals surface area contributed by atoms with E-state index in [1.807, 2.05) is 18.2 Å². The summed E-state index contributed by atoms with van der Waals surface area (Å²) in [5.41, 5.74) is 9.75. The van der Waals surface area contributed by atoms with Crippen molar-refractivity contribution in [2.75, 3.05) is 45.0 Å². The zero-order chi connectivity index (χ0) is 23.6. The number of imidazole rings is 1. The summed E-state index contributed by atoms with van der Waals surface area (Å²) in [4.78, 5) is 4.92. The van der Waals surface area contributed by atoms with Crippen LogP contribution in [0.5, 0.6) is 0 Å². The first kappa shape index (κ1) is 26.0. The number of halogens is 2. The van der Waals surface area contributed by atoms with Gasteiger partial charge >= 0.3 is 0 Å². The largest absolute Gasteiger partial charge is 0.397 e. The average Bonchev–Trinajstić information content (AvgIpc) is 3.18. The lowest BCUT2D eigenvalue weighted by molar-refractivity contribution is 0.186. The molecule has 33 heavy (non-hydrogen) atoms. The number of hydrogen-bond acceptors (Lipinski definition) is 5. The highest BCUT2D eigenvalue weighted by Gasteiger charge is 2.22. The van der Waals surface area contributed by atoms with Crippen molar-refractivity contribution in [2.24, 2.45) is 0 Å². The monoisotopic (exact) mass is 580 g/mol. The van der Waals surface area contributed by atoms with Crippen LogP contribution in [0, 0.1) is 0 Å². The van der Waals surface area contributed by atoms with Crippen LogP contribution in [0.2, 0.25) is 0 Å². The molecule has 1 fully saturated rings. The first-order valence-corrected chi connectivity index (χ1v) is 13.0. The second-order valence-corrected chi connectivity index (χ2v) is 10.1. The van der Waals surface area contributed by atoms with Gasteiger partial charge in [0, 0.05) is 42.2 Å². The SMILES string of the molecule is COCCNc1cc(Br)ccc1N.COCCn1c(C2CCCCC2)nc2ccc(Br)cc21. The third-order valence-corrected chi connectivity index (χ3v) is 6.85. The summed E-state index contributed by atoms with van der Waals surface area (Å²) in [6, 6.07) is 12.1. The average molecular weight is 582 g/mol. The van der Waals surface area contributed by atoms with E-state index in [1.54, 1.807) is 14.2 Å². The van der Waals surface area contributed by atoms with E-state index in [2.05, 4.69) is 59.9 Å². The molecular formula is C25H34Br2N4O2. The lowest BCUT2D eigenvalue weighted by Gasteiger charge is -2.22. The van der Waals surface area contributed by atoms with Gasteiger partial charge in [-0.1, -0.05) is 51.1 Å². The predicted octanol–water partition coefficient (Wildman–Crippen LogP) is 6.58. The molecule has 0 unspecified atom stereocenters. The van der Waals surface area contributed by atoms with Crippen molar-refractivity contribution in [1.29, 1.82) is 0 Å². The maximum atomic E-state index is 5.75. The van der Waals surface area contributed by atoms with Gasteiger partial charge in [-0.15, -0.1) is 0 Å². The summed E-state index contributed by atoms with van der Waals surface area (Å²) in [5, 5.41) is 3.17. The molecular weight excluding hydrogens is 548 g/mol. The van der Waals surface area contributed by atoms with Crippen molar-refractivity contribution >= 4 is 54.3 Å². The standard InChI is InChI=1S/C16H21BrN2O.C9H13BrN2O/c1-20-10-9-19-15-11-13(17)7-8-14(15)18-16(19)12-5-3-2-4-6-12;1-13-5-4-12-9-6-7(10)2-3-8(9)11/h7-8,11-12H,2-6,9-10H2,1H3;2-3,6,12H,4-5,11H2,1H3. The van der Waals surface area contributed by atoms with Crippen LogP contribution in [0.15, 0.2) is 45.3 Å². The highest BCUT2D eigenvalue weighted by molar-refractivity contribution is 9.10. The van der Waals surface area contributed by atoms with Crippen LogP contribution in [0.3, 0.4) is 0 Å². The molecule has 0 aliphatic heterocycles. The second-order valence-electron chi connectivity index (χ2n) is 8.23. The maximum absolute atomic E-state index is 5.75. The summed E-state index contributed by atoms with van der Waals surface area (Å²) < 4.78 is 14.7. The van der Waals surface area contributed by atoms with Crippen molar-refractivity contribution < 1.29 is 9.47 Å². The molecule has 3 N–H and O–H groups in total. The van der Waals surface area contributed by atoms with Gasteiger partial charge in [0.1, 0.15) is 5.82 Å². The van der Waals surface area contributed by atoms with Crippen molar-refractivity contribution in [2.45, 2.75) is 44.6 Å². The molecule has 0 spiro atoms. The van der Waals surface area contributed by atoms with E-state index in [-0.39, 0.29) is 0 Å². The highest BCUT2D eigenvalue weighted by Crippen LogP contribution is 2.34. The topological polar surface area (TPSA) is 74.3 Å². The third-order valence-electron chi connectivity index (χ3n) is 5.87. The number of hydrogen-bond donors (Lipinski definition) is 2. The van der Waals surface area contributed by atoms with Gasteiger partial charge in [-0.3, -0.25) is 0 Å². The maximum Gasteiger partial charge on any atom is 0.113 e. The molecule has 0 amide bonds. The Morgan fingerprint density at radius 1 is 1.00 bits per heavy atom. The number of ether oxygens (including phenoxy) is 2. The Hall–Kier alpha value is -1.61. The number of nitrogen functional groups attached to an aromatic ring is 1. The third kappa shape index (κ3) is 7.44. The molecule has 6 nitrogen and oxygen atoms in total. The summed E-state index contributed by atoms with van der Waals surface area (Å²) in [6.07, 6.45) is 6.60. The Morgan fingerprint density at radius 3 is 2.42 bits per heavy atom. The molecule has 0 atom stereocenters. The molecule has 180 valence electrons. The van der Waals surface area contributed by atoms with Crippen LogP contribution in [-0.2, 0) is 16.0 Å². The molecule has 3 aromatic rings. The van der Waals surface area contributed by atoms with Crippen molar-refractivity contribution in [1.82, 2.24) is 9.55 Å². The van der Waals surface area contributed by atoms with Gasteiger partial charge in [-0.2, -0.15) is 0 Å². The molecule has 4 rings (SSSR count). The number of nitrogens with one attached hydrogen (secondary N) is 1. The van der Waals surface area contributed by atoms with E-state index < -0.39 is 0 Å². The zero-order valence-corrected chi connectivity index (χ0v) is 22.6. The Bertz CT molecular complexity index is 1020. The van der Waals surface area contributed by atoms with Crippen LogP contribution < -0.4 is 11.1 Å². The van der Waals surface area contributed by atoms with Crippen molar-refractivity contribution in [3.63, 3.8) is 0 Å². The fourth-order valence-corrected chi connectivity index (χ4v) is 4.88. The molecule has 1 heterocycles. The van der Waals surface area contributed by atoms with E-state index in [1.165, 1.54) is 43.4 Å². The van der Waals surface area contributed by atoms with Crippen LogP contribution in [0.25, 0.3) is 11.0 Å². The molecule has 0 bridgehead atoms. The number of rotatable bonds is 8. The summed E-state index contributed by atoms with van der Waals surface area (Å²) in [5.74, 6) is 1.88. The molecule has 8 heteroatoms. The number of methoxy groups -OCH3 is 2. The number of fused-ring (bicyclic) bond motifs is 1. The Morgan fingerprint density at radius 2 is 1.70 bits per heavy atom. The normalized spacial score (nSPS) is 14.2. The van der Waals surface area contributed by atoms with Gasteiger partial charge in [0.15, 0.2) is 0 Å². The highest BCUT2D eigenvalue weighted by atomic mass is 79.9. The van der Waals surface area contributed by atoms with Crippen LogP contribution in [-0.4, -0.2) is 43.5 Å². The molecule has 2 aromatic carbocycles. The van der Waals surface area contributed by atoms with Gasteiger partial charge in [-0.25, -0.2) is 4.98 Å². The van der Waals surface area contributed by atoms with Crippen molar-refractivity contribution in [3.8, 4) is 0 Å². The second kappa shape index (κ2) is 13.3. The van der Waals surface area contributed by atoms with Crippen LogP contribution in [0.4, 0.5) is 11.4 Å². The Balaban J connectivity index is 0.000000205. The lowest BCUT2D eigenvalue weighted by Crippen LogP contribution is -2.14.